The Kier molecular flexibility index (Phi) is 8.11. The van der Waals surface area contributed by atoms with Gasteiger partial charge in [-0.05, 0) is 63.5 Å². The molecular formula is C22H30N6OS2. The smallest absolute Gasteiger partial charge is 0.209 e. The molecule has 0 fully saturated rings. The normalized spacial score (nSPS) is 12.8. The lowest BCUT2D eigenvalue weighted by atomic mass is 9.97. The minimum Gasteiger partial charge on any atom is -0.398 e. The fraction of sp³-hybridized carbons (Fsp3) is 0.409. The molecule has 166 valence electrons. The first-order valence-electron chi connectivity index (χ1n) is 10.3. The number of amides is 1. The summed E-state index contributed by atoms with van der Waals surface area (Å²) in [5.74, 6) is 0.877. The molecular weight excluding hydrogens is 428 g/mol. The zero-order valence-electron chi connectivity index (χ0n) is 18.3. The summed E-state index contributed by atoms with van der Waals surface area (Å²) in [6.45, 7) is 1.73. The van der Waals surface area contributed by atoms with Gasteiger partial charge in [-0.1, -0.05) is 0 Å². The third kappa shape index (κ3) is 6.09. The molecule has 0 atom stereocenters. The van der Waals surface area contributed by atoms with Gasteiger partial charge in [-0.2, -0.15) is 0 Å². The Morgan fingerprint density at radius 2 is 1.97 bits per heavy atom. The van der Waals surface area contributed by atoms with Gasteiger partial charge in [-0.25, -0.2) is 9.97 Å². The molecule has 1 aromatic carbocycles. The standard InChI is InChI=1S/C16H16N4S2.C6H14N2O/c17-11-6-5-9(7-12(11)21)20-15-14-10-3-1-2-4-13(10)22-16(14)19-8-18-15;1-7(2)4-5-8(3)6-9/h5-8,21H,1-4,17H2,(H,18,19,20);6H,4-5H2,1-3H3. The van der Waals surface area contributed by atoms with Crippen molar-refractivity contribution in [2.75, 3.05) is 45.3 Å². The fourth-order valence-electron chi connectivity index (χ4n) is 3.35. The molecule has 0 bridgehead atoms. The summed E-state index contributed by atoms with van der Waals surface area (Å²) in [4.78, 5) is 25.9. The van der Waals surface area contributed by atoms with Crippen molar-refractivity contribution in [3.05, 3.63) is 35.0 Å². The number of aryl methyl sites for hydroxylation is 2. The largest absolute Gasteiger partial charge is 0.398 e. The molecule has 4 rings (SSSR count). The molecule has 31 heavy (non-hydrogen) atoms. The lowest BCUT2D eigenvalue weighted by molar-refractivity contribution is -0.117. The van der Waals surface area contributed by atoms with Crippen molar-refractivity contribution >= 4 is 57.8 Å². The SMILES string of the molecule is CN(C)CCN(C)C=O.Nc1ccc(Nc2ncnc3sc4c(c23)CCCC4)cc1S. The topological polar surface area (TPSA) is 87.4 Å². The van der Waals surface area contributed by atoms with E-state index in [1.54, 1.807) is 29.6 Å². The number of aromatic nitrogens is 2. The number of hydrogen-bond donors (Lipinski definition) is 3. The summed E-state index contributed by atoms with van der Waals surface area (Å²) in [6, 6.07) is 5.72. The highest BCUT2D eigenvalue weighted by Gasteiger charge is 2.19. The Hall–Kier alpha value is -2.36. The van der Waals surface area contributed by atoms with Crippen molar-refractivity contribution in [2.24, 2.45) is 0 Å². The number of nitrogens with zero attached hydrogens (tertiary/aromatic N) is 4. The van der Waals surface area contributed by atoms with Crippen molar-refractivity contribution in [3.8, 4) is 0 Å². The number of nitrogens with one attached hydrogen (secondary N) is 1. The molecule has 1 aliphatic rings. The van der Waals surface area contributed by atoms with E-state index >= 15 is 0 Å². The predicted molar refractivity (Wildman–Crippen MR) is 133 cm³/mol. The first-order chi connectivity index (χ1) is 14.9. The first kappa shape index (κ1) is 23.3. The molecule has 9 heteroatoms. The Morgan fingerprint density at radius 1 is 1.19 bits per heavy atom. The van der Waals surface area contributed by atoms with Crippen molar-refractivity contribution < 1.29 is 4.79 Å². The Balaban J connectivity index is 0.000000259. The molecule has 0 aliphatic heterocycles. The maximum atomic E-state index is 10.0. The number of hydrogen-bond acceptors (Lipinski definition) is 8. The van der Waals surface area contributed by atoms with Gasteiger partial charge in [0.1, 0.15) is 17.0 Å². The van der Waals surface area contributed by atoms with Crippen LogP contribution in [0, 0.1) is 0 Å². The molecule has 0 radical (unpaired) electrons. The number of nitrogens with two attached hydrogens (primary N) is 1. The van der Waals surface area contributed by atoms with Crippen molar-refractivity contribution in [3.63, 3.8) is 0 Å². The van der Waals surface area contributed by atoms with E-state index in [0.29, 0.717) is 5.69 Å². The highest BCUT2D eigenvalue weighted by Crippen LogP contribution is 2.39. The number of nitrogen functional groups attached to an aromatic ring is 1. The van der Waals surface area contributed by atoms with Crippen molar-refractivity contribution in [2.45, 2.75) is 30.6 Å². The van der Waals surface area contributed by atoms with Crippen molar-refractivity contribution in [1.29, 1.82) is 0 Å². The van der Waals surface area contributed by atoms with Gasteiger partial charge in [0.15, 0.2) is 0 Å². The maximum absolute atomic E-state index is 10.0. The average molecular weight is 459 g/mol. The van der Waals surface area contributed by atoms with Crippen LogP contribution in [0.15, 0.2) is 29.4 Å². The number of benzene rings is 1. The van der Waals surface area contributed by atoms with Gasteiger partial charge in [-0.15, -0.1) is 24.0 Å². The summed E-state index contributed by atoms with van der Waals surface area (Å²) < 4.78 is 0. The minimum atomic E-state index is 0.676. The van der Waals surface area contributed by atoms with E-state index in [2.05, 4.69) is 27.9 Å². The van der Waals surface area contributed by atoms with Crippen LogP contribution in [0.5, 0.6) is 0 Å². The van der Waals surface area contributed by atoms with Crippen LogP contribution < -0.4 is 11.1 Å². The van der Waals surface area contributed by atoms with E-state index in [1.807, 2.05) is 37.2 Å². The van der Waals surface area contributed by atoms with E-state index in [9.17, 15) is 4.79 Å². The minimum absolute atomic E-state index is 0.676. The van der Waals surface area contributed by atoms with E-state index in [1.165, 1.54) is 35.1 Å². The molecule has 7 nitrogen and oxygen atoms in total. The summed E-state index contributed by atoms with van der Waals surface area (Å²) >= 11 is 6.18. The van der Waals surface area contributed by atoms with Crippen LogP contribution >= 0.6 is 24.0 Å². The Morgan fingerprint density at radius 3 is 2.68 bits per heavy atom. The fourth-order valence-corrected chi connectivity index (χ4v) is 4.80. The van der Waals surface area contributed by atoms with Gasteiger partial charge in [0.25, 0.3) is 0 Å². The number of fused-ring (bicyclic) bond motifs is 3. The molecule has 3 N–H and O–H groups in total. The third-order valence-corrected chi connectivity index (χ3v) is 6.71. The van der Waals surface area contributed by atoms with Gasteiger partial charge in [0.2, 0.25) is 6.41 Å². The van der Waals surface area contributed by atoms with Gasteiger partial charge < -0.3 is 20.9 Å². The van der Waals surface area contributed by atoms with Gasteiger partial charge in [0, 0.05) is 41.3 Å². The van der Waals surface area contributed by atoms with Crippen LogP contribution in [0.3, 0.4) is 0 Å². The lowest BCUT2D eigenvalue weighted by Crippen LogP contribution is -2.27. The van der Waals surface area contributed by atoms with Crippen LogP contribution in [-0.4, -0.2) is 60.4 Å². The number of rotatable bonds is 6. The molecule has 0 spiro atoms. The summed E-state index contributed by atoms with van der Waals surface area (Å²) in [7, 11) is 5.74. The zero-order chi connectivity index (χ0) is 22.4. The van der Waals surface area contributed by atoms with Crippen LogP contribution in [0.25, 0.3) is 10.2 Å². The number of thiophene rings is 1. The second-order valence-electron chi connectivity index (χ2n) is 7.90. The predicted octanol–water partition coefficient (Wildman–Crippen LogP) is 3.82. The molecule has 3 aromatic rings. The van der Waals surface area contributed by atoms with E-state index in [4.69, 9.17) is 5.73 Å². The van der Waals surface area contributed by atoms with Crippen LogP contribution in [0.4, 0.5) is 17.2 Å². The lowest BCUT2D eigenvalue weighted by Gasteiger charge is -2.13. The number of carbonyl (C=O) groups excluding carboxylic acids is 1. The maximum Gasteiger partial charge on any atom is 0.209 e. The summed E-state index contributed by atoms with van der Waals surface area (Å²) in [5, 5.41) is 4.58. The van der Waals surface area contributed by atoms with Crippen LogP contribution in [0.1, 0.15) is 23.3 Å². The van der Waals surface area contributed by atoms with Crippen molar-refractivity contribution in [1.82, 2.24) is 19.8 Å². The Bertz CT molecular complexity index is 1040. The number of carbonyl (C=O) groups is 1. The second-order valence-corrected chi connectivity index (χ2v) is 9.47. The van der Waals surface area contributed by atoms with Gasteiger partial charge in [-0.3, -0.25) is 4.79 Å². The zero-order valence-corrected chi connectivity index (χ0v) is 20.0. The molecule has 2 heterocycles. The summed E-state index contributed by atoms with van der Waals surface area (Å²) in [6.07, 6.45) is 7.28. The quantitative estimate of drug-likeness (QED) is 0.296. The van der Waals surface area contributed by atoms with E-state index < -0.39 is 0 Å². The molecule has 2 aromatic heterocycles. The van der Waals surface area contributed by atoms with E-state index in [0.717, 1.165) is 47.2 Å². The molecule has 1 aliphatic carbocycles. The van der Waals surface area contributed by atoms with E-state index in [-0.39, 0.29) is 0 Å². The first-order valence-corrected chi connectivity index (χ1v) is 11.6. The number of thiol groups is 1. The molecule has 0 saturated heterocycles. The highest BCUT2D eigenvalue weighted by molar-refractivity contribution is 7.80. The van der Waals surface area contributed by atoms with Gasteiger partial charge >= 0.3 is 0 Å². The highest BCUT2D eigenvalue weighted by atomic mass is 32.1. The van der Waals surface area contributed by atoms with Crippen LogP contribution in [-0.2, 0) is 17.6 Å². The summed E-state index contributed by atoms with van der Waals surface area (Å²) in [5.41, 5.74) is 8.86. The molecule has 0 saturated carbocycles. The number of anilines is 3. The Labute approximate surface area is 193 Å². The third-order valence-electron chi connectivity index (χ3n) is 5.12. The average Bonchev–Trinajstić information content (AvgIpc) is 3.14. The monoisotopic (exact) mass is 458 g/mol. The second kappa shape index (κ2) is 10.8. The molecule has 0 unspecified atom stereocenters. The molecule has 1 amide bonds. The number of likely N-dealkylation sites (N-methyl/N-ethyl adjacent to an activating group) is 2. The van der Waals surface area contributed by atoms with Gasteiger partial charge in [0.05, 0.1) is 5.39 Å². The van der Waals surface area contributed by atoms with Crippen LogP contribution in [0.2, 0.25) is 0 Å².